The Balaban J connectivity index is 3.38. The van der Waals surface area contributed by atoms with Crippen molar-refractivity contribution in [2.45, 2.75) is 20.0 Å². The van der Waals surface area contributed by atoms with E-state index in [-0.39, 0.29) is 11.1 Å². The van der Waals surface area contributed by atoms with Gasteiger partial charge in [0.1, 0.15) is 0 Å². The molecule has 0 radical (unpaired) electrons. The molecule has 0 spiro atoms. The third-order valence-electron chi connectivity index (χ3n) is 2.32. The quantitative estimate of drug-likeness (QED) is 0.472. The van der Waals surface area contributed by atoms with Gasteiger partial charge >= 0.3 is 6.18 Å². The van der Waals surface area contributed by atoms with Gasteiger partial charge in [0, 0.05) is 0 Å². The van der Waals surface area contributed by atoms with E-state index in [1.165, 1.54) is 18.2 Å². The van der Waals surface area contributed by atoms with E-state index in [2.05, 4.69) is 0 Å². The number of allylic oxidation sites excluding steroid dienone is 1. The minimum atomic E-state index is -4.52. The molecule has 0 unspecified atom stereocenters. The number of hydrogen-bond donors (Lipinski definition) is 0. The van der Waals surface area contributed by atoms with Gasteiger partial charge in [-0.2, -0.15) is 13.2 Å². The van der Waals surface area contributed by atoms with Crippen molar-refractivity contribution < 1.29 is 22.8 Å². The summed E-state index contributed by atoms with van der Waals surface area (Å²) in [5, 5.41) is 0. The molecule has 0 aliphatic carbocycles. The molecule has 0 fully saturated rings. The molecule has 0 bridgehead atoms. The van der Waals surface area contributed by atoms with Crippen LogP contribution < -0.4 is 0 Å². The molecule has 0 aliphatic heterocycles. The number of ketones is 2. The van der Waals surface area contributed by atoms with Gasteiger partial charge in [-0.05, 0) is 31.6 Å². The topological polar surface area (TPSA) is 34.1 Å². The van der Waals surface area contributed by atoms with Gasteiger partial charge in [-0.1, -0.05) is 18.2 Å². The SMILES string of the molecule is CC(=O)C(=Cc1ccccc1C(F)(F)F)C(C)=O. The average Bonchev–Trinajstić information content (AvgIpc) is 2.24. The second-order valence-electron chi connectivity index (χ2n) is 3.76. The molecule has 1 rings (SSSR count). The molecule has 0 atom stereocenters. The van der Waals surface area contributed by atoms with E-state index in [0.29, 0.717) is 0 Å². The summed E-state index contributed by atoms with van der Waals surface area (Å²) in [6.45, 7) is 2.28. The Morgan fingerprint density at radius 1 is 1.06 bits per heavy atom. The summed E-state index contributed by atoms with van der Waals surface area (Å²) in [7, 11) is 0. The van der Waals surface area contributed by atoms with Crippen LogP contribution in [0, 0.1) is 0 Å². The molecule has 1 aromatic rings. The molecule has 0 aromatic heterocycles. The first-order valence-electron chi connectivity index (χ1n) is 5.13. The fraction of sp³-hybridized carbons (Fsp3) is 0.231. The summed E-state index contributed by atoms with van der Waals surface area (Å²) in [5.41, 5.74) is -1.30. The smallest absolute Gasteiger partial charge is 0.294 e. The molecule has 0 heterocycles. The summed E-state index contributed by atoms with van der Waals surface area (Å²) in [4.78, 5) is 22.4. The number of Topliss-reactive ketones (excluding diaryl/α,β-unsaturated/α-hetero) is 2. The van der Waals surface area contributed by atoms with Crippen LogP contribution in [0.5, 0.6) is 0 Å². The number of alkyl halides is 3. The lowest BCUT2D eigenvalue weighted by atomic mass is 10.0. The number of carbonyl (C=O) groups is 2. The van der Waals surface area contributed by atoms with Gasteiger partial charge in [-0.15, -0.1) is 0 Å². The zero-order chi connectivity index (χ0) is 13.9. The lowest BCUT2D eigenvalue weighted by Crippen LogP contribution is -2.10. The maximum absolute atomic E-state index is 12.7. The Kier molecular flexibility index (Phi) is 4.06. The predicted octanol–water partition coefficient (Wildman–Crippen LogP) is 3.27. The first kappa shape index (κ1) is 14.2. The van der Waals surface area contributed by atoms with Crippen LogP contribution in [0.25, 0.3) is 6.08 Å². The first-order chi connectivity index (χ1) is 8.23. The molecule has 96 valence electrons. The van der Waals surface area contributed by atoms with Crippen molar-refractivity contribution in [3.8, 4) is 0 Å². The Labute approximate surface area is 102 Å². The highest BCUT2D eigenvalue weighted by Gasteiger charge is 2.32. The molecule has 0 N–H and O–H groups in total. The first-order valence-corrected chi connectivity index (χ1v) is 5.13. The minimum absolute atomic E-state index is 0.189. The van der Waals surface area contributed by atoms with Crippen molar-refractivity contribution >= 4 is 17.6 Å². The van der Waals surface area contributed by atoms with E-state index < -0.39 is 23.3 Å². The van der Waals surface area contributed by atoms with Crippen molar-refractivity contribution in [2.24, 2.45) is 0 Å². The molecular formula is C13H11F3O2. The number of halogens is 3. The van der Waals surface area contributed by atoms with Crippen LogP contribution in [0.2, 0.25) is 0 Å². The van der Waals surface area contributed by atoms with E-state index >= 15 is 0 Å². The second-order valence-corrected chi connectivity index (χ2v) is 3.76. The normalized spacial score (nSPS) is 10.9. The Hall–Kier alpha value is -1.91. The van der Waals surface area contributed by atoms with Gasteiger partial charge < -0.3 is 0 Å². The van der Waals surface area contributed by atoms with Crippen molar-refractivity contribution in [3.63, 3.8) is 0 Å². The fourth-order valence-corrected chi connectivity index (χ4v) is 1.49. The van der Waals surface area contributed by atoms with E-state index in [1.807, 2.05) is 0 Å². The predicted molar refractivity (Wildman–Crippen MR) is 60.8 cm³/mol. The lowest BCUT2D eigenvalue weighted by molar-refractivity contribution is -0.137. The van der Waals surface area contributed by atoms with Crippen LogP contribution in [0.1, 0.15) is 25.0 Å². The summed E-state index contributed by atoms with van der Waals surface area (Å²) < 4.78 is 38.1. The highest BCUT2D eigenvalue weighted by Crippen LogP contribution is 2.32. The van der Waals surface area contributed by atoms with E-state index in [1.54, 1.807) is 0 Å². The summed E-state index contributed by atoms with van der Waals surface area (Å²) in [5.74, 6) is -1.11. The van der Waals surface area contributed by atoms with Crippen molar-refractivity contribution in [2.75, 3.05) is 0 Å². The van der Waals surface area contributed by atoms with Crippen LogP contribution >= 0.6 is 0 Å². The van der Waals surface area contributed by atoms with E-state index in [4.69, 9.17) is 0 Å². The highest BCUT2D eigenvalue weighted by atomic mass is 19.4. The van der Waals surface area contributed by atoms with Crippen LogP contribution in [0.15, 0.2) is 29.8 Å². The van der Waals surface area contributed by atoms with E-state index in [9.17, 15) is 22.8 Å². The van der Waals surface area contributed by atoms with Crippen molar-refractivity contribution in [1.29, 1.82) is 0 Å². The summed E-state index contributed by atoms with van der Waals surface area (Å²) in [6.07, 6.45) is -3.54. The minimum Gasteiger partial charge on any atom is -0.294 e. The molecule has 0 aliphatic rings. The van der Waals surface area contributed by atoms with Gasteiger partial charge in [0.15, 0.2) is 11.6 Å². The molecule has 0 amide bonds. The molecule has 1 aromatic carbocycles. The standard InChI is InChI=1S/C13H11F3O2/c1-8(17)11(9(2)18)7-10-5-3-4-6-12(10)13(14,15)16/h3-7H,1-2H3. The molecule has 0 saturated carbocycles. The Morgan fingerprint density at radius 3 is 2.00 bits per heavy atom. The van der Waals surface area contributed by atoms with Crippen LogP contribution in [-0.4, -0.2) is 11.6 Å². The third kappa shape index (κ3) is 3.29. The monoisotopic (exact) mass is 256 g/mol. The maximum Gasteiger partial charge on any atom is 0.416 e. The summed E-state index contributed by atoms with van der Waals surface area (Å²) in [6, 6.07) is 4.79. The number of benzene rings is 1. The fourth-order valence-electron chi connectivity index (χ4n) is 1.49. The van der Waals surface area contributed by atoms with Crippen molar-refractivity contribution in [3.05, 3.63) is 41.0 Å². The molecule has 5 heteroatoms. The lowest BCUT2D eigenvalue weighted by Gasteiger charge is -2.10. The van der Waals surface area contributed by atoms with Crippen LogP contribution in [-0.2, 0) is 15.8 Å². The highest BCUT2D eigenvalue weighted by molar-refractivity contribution is 6.21. The second kappa shape index (κ2) is 5.16. The van der Waals surface area contributed by atoms with Crippen LogP contribution in [0.4, 0.5) is 13.2 Å². The van der Waals surface area contributed by atoms with Gasteiger partial charge in [-0.25, -0.2) is 0 Å². The Morgan fingerprint density at radius 2 is 1.56 bits per heavy atom. The van der Waals surface area contributed by atoms with Gasteiger partial charge in [-0.3, -0.25) is 9.59 Å². The number of carbonyl (C=O) groups excluding carboxylic acids is 2. The number of rotatable bonds is 3. The van der Waals surface area contributed by atoms with Crippen LogP contribution in [0.3, 0.4) is 0 Å². The zero-order valence-corrected chi connectivity index (χ0v) is 9.84. The average molecular weight is 256 g/mol. The maximum atomic E-state index is 12.7. The molecule has 18 heavy (non-hydrogen) atoms. The van der Waals surface area contributed by atoms with Gasteiger partial charge in [0.25, 0.3) is 0 Å². The molecule has 0 saturated heterocycles. The van der Waals surface area contributed by atoms with E-state index in [0.717, 1.165) is 26.0 Å². The largest absolute Gasteiger partial charge is 0.416 e. The molecular weight excluding hydrogens is 245 g/mol. The number of hydrogen-bond acceptors (Lipinski definition) is 2. The van der Waals surface area contributed by atoms with Crippen molar-refractivity contribution in [1.82, 2.24) is 0 Å². The zero-order valence-electron chi connectivity index (χ0n) is 9.84. The molecule has 2 nitrogen and oxygen atoms in total. The Bertz CT molecular complexity index is 497. The third-order valence-corrected chi connectivity index (χ3v) is 2.32. The summed E-state index contributed by atoms with van der Waals surface area (Å²) >= 11 is 0. The van der Waals surface area contributed by atoms with Gasteiger partial charge in [0.2, 0.25) is 0 Å². The van der Waals surface area contributed by atoms with Gasteiger partial charge in [0.05, 0.1) is 11.1 Å².